The third-order valence-electron chi connectivity index (χ3n) is 3.09. The van der Waals surface area contributed by atoms with E-state index in [1.807, 2.05) is 13.8 Å². The molecule has 3 nitrogen and oxygen atoms in total. The number of halogens is 3. The van der Waals surface area contributed by atoms with E-state index in [0.717, 1.165) is 6.07 Å². The van der Waals surface area contributed by atoms with Crippen LogP contribution in [0.1, 0.15) is 25.0 Å². The van der Waals surface area contributed by atoms with Gasteiger partial charge >= 0.3 is 6.18 Å². The van der Waals surface area contributed by atoms with Crippen LogP contribution in [0.5, 0.6) is 0 Å². The van der Waals surface area contributed by atoms with Gasteiger partial charge in [0.2, 0.25) is 0 Å². The predicted molar refractivity (Wildman–Crippen MR) is 81.5 cm³/mol. The molecule has 0 radical (unpaired) electrons. The maximum absolute atomic E-state index is 12.9. The smallest absolute Gasteiger partial charge is 0.389 e. The zero-order valence-electron chi connectivity index (χ0n) is 12.1. The SMILES string of the molecule is COCC(Nc1ccc(C(F)(F)F)c(C(N)=S)c1)C(C)C. The lowest BCUT2D eigenvalue weighted by Gasteiger charge is -2.23. The number of benzene rings is 1. The van der Waals surface area contributed by atoms with Gasteiger partial charge in [0, 0.05) is 18.4 Å². The second-order valence-electron chi connectivity index (χ2n) is 5.07. The summed E-state index contributed by atoms with van der Waals surface area (Å²) in [4.78, 5) is -0.279. The van der Waals surface area contributed by atoms with E-state index in [0.29, 0.717) is 12.3 Å². The zero-order chi connectivity index (χ0) is 16.2. The molecule has 0 bridgehead atoms. The van der Waals surface area contributed by atoms with Crippen molar-refractivity contribution in [1.29, 1.82) is 0 Å². The van der Waals surface area contributed by atoms with Gasteiger partial charge in [-0.25, -0.2) is 0 Å². The van der Waals surface area contributed by atoms with Crippen LogP contribution in [0.2, 0.25) is 0 Å². The van der Waals surface area contributed by atoms with Crippen molar-refractivity contribution in [1.82, 2.24) is 0 Å². The Bertz CT molecular complexity index is 503. The van der Waals surface area contributed by atoms with Crippen LogP contribution in [0.3, 0.4) is 0 Å². The normalized spacial score (nSPS) is 13.3. The van der Waals surface area contributed by atoms with Gasteiger partial charge in [0.1, 0.15) is 4.99 Å². The highest BCUT2D eigenvalue weighted by molar-refractivity contribution is 7.80. The molecule has 0 amide bonds. The number of anilines is 1. The highest BCUT2D eigenvalue weighted by Gasteiger charge is 2.34. The lowest BCUT2D eigenvalue weighted by Crippen LogP contribution is -2.30. The van der Waals surface area contributed by atoms with E-state index in [4.69, 9.17) is 22.7 Å². The molecule has 0 spiro atoms. The van der Waals surface area contributed by atoms with Crippen LogP contribution in [-0.2, 0) is 10.9 Å². The van der Waals surface area contributed by atoms with Gasteiger partial charge < -0.3 is 15.8 Å². The minimum absolute atomic E-state index is 0.0223. The summed E-state index contributed by atoms with van der Waals surface area (Å²) in [7, 11) is 1.57. The molecule has 0 aliphatic heterocycles. The minimum Gasteiger partial charge on any atom is -0.389 e. The second-order valence-corrected chi connectivity index (χ2v) is 5.51. The van der Waals surface area contributed by atoms with Crippen molar-refractivity contribution in [2.24, 2.45) is 11.7 Å². The van der Waals surface area contributed by atoms with Gasteiger partial charge in [-0.05, 0) is 24.1 Å². The fourth-order valence-corrected chi connectivity index (χ4v) is 2.05. The fraction of sp³-hybridized carbons (Fsp3) is 0.500. The van der Waals surface area contributed by atoms with E-state index in [1.165, 1.54) is 12.1 Å². The Morgan fingerprint density at radius 3 is 2.43 bits per heavy atom. The lowest BCUT2D eigenvalue weighted by molar-refractivity contribution is -0.137. The first kappa shape index (κ1) is 17.7. The largest absolute Gasteiger partial charge is 0.417 e. The molecule has 118 valence electrons. The summed E-state index contributed by atoms with van der Waals surface area (Å²) in [6.45, 7) is 4.44. The maximum atomic E-state index is 12.9. The molecule has 0 aliphatic rings. The standard InChI is InChI=1S/C14H19F3N2OS/c1-8(2)12(7-20-3)19-9-4-5-11(14(15,16)17)10(6-9)13(18)21/h4-6,8,12,19H,7H2,1-3H3,(H2,18,21). The van der Waals surface area contributed by atoms with Crippen LogP contribution < -0.4 is 11.1 Å². The van der Waals surface area contributed by atoms with Crippen LogP contribution in [0.25, 0.3) is 0 Å². The minimum atomic E-state index is -4.48. The number of rotatable bonds is 6. The Balaban J connectivity index is 3.11. The Labute approximate surface area is 127 Å². The Morgan fingerprint density at radius 2 is 2.00 bits per heavy atom. The molecule has 0 aliphatic carbocycles. The van der Waals surface area contributed by atoms with E-state index < -0.39 is 11.7 Å². The maximum Gasteiger partial charge on any atom is 0.417 e. The van der Waals surface area contributed by atoms with E-state index in [-0.39, 0.29) is 22.5 Å². The van der Waals surface area contributed by atoms with Gasteiger partial charge in [-0.2, -0.15) is 13.2 Å². The van der Waals surface area contributed by atoms with Crippen molar-refractivity contribution in [3.63, 3.8) is 0 Å². The molecular formula is C14H19F3N2OS. The average molecular weight is 320 g/mol. The molecule has 0 saturated heterocycles. The summed E-state index contributed by atoms with van der Waals surface area (Å²) >= 11 is 4.72. The Hall–Kier alpha value is -1.34. The molecule has 0 heterocycles. The number of ether oxygens (including phenoxy) is 1. The van der Waals surface area contributed by atoms with E-state index >= 15 is 0 Å². The molecule has 0 saturated carbocycles. The van der Waals surface area contributed by atoms with Crippen LogP contribution in [-0.4, -0.2) is 24.7 Å². The molecule has 21 heavy (non-hydrogen) atoms. The summed E-state index contributed by atoms with van der Waals surface area (Å²) in [5.41, 5.74) is 4.93. The monoisotopic (exact) mass is 320 g/mol. The molecule has 0 fully saturated rings. The summed E-state index contributed by atoms with van der Waals surface area (Å²) in [5.74, 6) is 0.250. The van der Waals surface area contributed by atoms with Gasteiger partial charge in [0.15, 0.2) is 0 Å². The Morgan fingerprint density at radius 1 is 1.38 bits per heavy atom. The van der Waals surface area contributed by atoms with Crippen molar-refractivity contribution in [3.8, 4) is 0 Å². The van der Waals surface area contributed by atoms with Crippen LogP contribution in [0, 0.1) is 5.92 Å². The van der Waals surface area contributed by atoms with E-state index in [9.17, 15) is 13.2 Å². The van der Waals surface area contributed by atoms with Gasteiger partial charge in [0.25, 0.3) is 0 Å². The molecule has 0 aromatic heterocycles. The van der Waals surface area contributed by atoms with Gasteiger partial charge in [-0.1, -0.05) is 26.1 Å². The number of hydrogen-bond donors (Lipinski definition) is 2. The number of hydrogen-bond acceptors (Lipinski definition) is 3. The first-order chi connectivity index (χ1) is 9.66. The highest BCUT2D eigenvalue weighted by atomic mass is 32.1. The molecule has 1 rings (SSSR count). The van der Waals surface area contributed by atoms with Crippen LogP contribution >= 0.6 is 12.2 Å². The quantitative estimate of drug-likeness (QED) is 0.789. The van der Waals surface area contributed by atoms with Crippen molar-refractivity contribution in [3.05, 3.63) is 29.3 Å². The molecule has 1 unspecified atom stereocenters. The number of alkyl halides is 3. The van der Waals surface area contributed by atoms with Crippen molar-refractivity contribution < 1.29 is 17.9 Å². The van der Waals surface area contributed by atoms with Crippen molar-refractivity contribution in [2.75, 3.05) is 19.0 Å². The summed E-state index contributed by atoms with van der Waals surface area (Å²) < 4.78 is 43.8. The molecule has 1 atom stereocenters. The molecule has 3 N–H and O–H groups in total. The Kier molecular flexibility index (Phi) is 5.98. The summed E-state index contributed by atoms with van der Waals surface area (Å²) in [6, 6.07) is 3.67. The topological polar surface area (TPSA) is 47.3 Å². The first-order valence-electron chi connectivity index (χ1n) is 6.43. The average Bonchev–Trinajstić information content (AvgIpc) is 2.36. The van der Waals surface area contributed by atoms with E-state index in [2.05, 4.69) is 5.32 Å². The fourth-order valence-electron chi connectivity index (χ4n) is 1.88. The van der Waals surface area contributed by atoms with Gasteiger partial charge in [-0.15, -0.1) is 0 Å². The van der Waals surface area contributed by atoms with Crippen LogP contribution in [0.15, 0.2) is 18.2 Å². The van der Waals surface area contributed by atoms with E-state index in [1.54, 1.807) is 7.11 Å². The third kappa shape index (κ3) is 4.86. The summed E-state index contributed by atoms with van der Waals surface area (Å²) in [6.07, 6.45) is -4.48. The highest BCUT2D eigenvalue weighted by Crippen LogP contribution is 2.33. The summed E-state index contributed by atoms with van der Waals surface area (Å²) in [5, 5.41) is 3.15. The van der Waals surface area contributed by atoms with Crippen LogP contribution in [0.4, 0.5) is 18.9 Å². The van der Waals surface area contributed by atoms with Gasteiger partial charge in [-0.3, -0.25) is 0 Å². The first-order valence-corrected chi connectivity index (χ1v) is 6.84. The lowest BCUT2D eigenvalue weighted by atomic mass is 10.0. The zero-order valence-corrected chi connectivity index (χ0v) is 12.9. The number of methoxy groups -OCH3 is 1. The molecule has 1 aromatic carbocycles. The number of thiocarbonyl (C=S) groups is 1. The molecule has 1 aromatic rings. The third-order valence-corrected chi connectivity index (χ3v) is 3.31. The molecular weight excluding hydrogens is 301 g/mol. The number of nitrogens with one attached hydrogen (secondary N) is 1. The van der Waals surface area contributed by atoms with Gasteiger partial charge in [0.05, 0.1) is 18.2 Å². The van der Waals surface area contributed by atoms with Crippen molar-refractivity contribution >= 4 is 22.9 Å². The van der Waals surface area contributed by atoms with Crippen molar-refractivity contribution in [2.45, 2.75) is 26.1 Å². The molecule has 7 heteroatoms. The predicted octanol–water partition coefficient (Wildman–Crippen LogP) is 3.42. The second kappa shape index (κ2) is 7.09. The number of nitrogens with two attached hydrogens (primary N) is 1.